The lowest BCUT2D eigenvalue weighted by atomic mass is 10.0. The van der Waals surface area contributed by atoms with E-state index in [1.165, 1.54) is 0 Å². The Balaban J connectivity index is 1.36. The number of nitrogens with one attached hydrogen (secondary N) is 1. The molecule has 0 unspecified atom stereocenters. The van der Waals surface area contributed by atoms with Crippen LogP contribution >= 0.6 is 11.6 Å². The van der Waals surface area contributed by atoms with E-state index in [0.29, 0.717) is 41.7 Å². The van der Waals surface area contributed by atoms with Crippen LogP contribution in [0.25, 0.3) is 11.1 Å². The average molecular weight is 476 g/mol. The van der Waals surface area contributed by atoms with Gasteiger partial charge in [0.1, 0.15) is 0 Å². The van der Waals surface area contributed by atoms with Crippen molar-refractivity contribution >= 4 is 34.8 Å². The van der Waals surface area contributed by atoms with Crippen LogP contribution in [0.2, 0.25) is 5.02 Å². The van der Waals surface area contributed by atoms with Crippen LogP contribution in [0.3, 0.4) is 0 Å². The van der Waals surface area contributed by atoms with Crippen molar-refractivity contribution in [1.82, 2.24) is 4.90 Å². The maximum Gasteiger partial charge on any atom is 0.255 e. The summed E-state index contributed by atoms with van der Waals surface area (Å²) in [6, 6.07) is 23.2. The monoisotopic (exact) mass is 475 g/mol. The predicted molar refractivity (Wildman–Crippen MR) is 140 cm³/mol. The summed E-state index contributed by atoms with van der Waals surface area (Å²) in [6.07, 6.45) is 0.587. The molecule has 0 radical (unpaired) electrons. The number of hydrogen-bond acceptors (Lipinski definition) is 3. The number of carbonyl (C=O) groups excluding carboxylic acids is 2. The highest BCUT2D eigenvalue weighted by Gasteiger charge is 2.23. The molecule has 0 saturated carbocycles. The summed E-state index contributed by atoms with van der Waals surface area (Å²) in [7, 11) is 0. The van der Waals surface area contributed by atoms with Crippen LogP contribution < -0.4 is 10.2 Å². The Morgan fingerprint density at radius 1 is 0.882 bits per heavy atom. The number of nitrogens with zero attached hydrogens (tertiary/aromatic N) is 2. The molecule has 1 aliphatic heterocycles. The third-order valence-electron chi connectivity index (χ3n) is 6.02. The van der Waals surface area contributed by atoms with Crippen molar-refractivity contribution < 1.29 is 9.59 Å². The number of amides is 2. The van der Waals surface area contributed by atoms with Gasteiger partial charge in [-0.1, -0.05) is 67.9 Å². The second-order valence-corrected chi connectivity index (χ2v) is 9.44. The molecule has 0 spiro atoms. The molecule has 1 saturated heterocycles. The highest BCUT2D eigenvalue weighted by molar-refractivity contribution is 6.33. The number of rotatable bonds is 6. The molecule has 1 fully saturated rings. The summed E-state index contributed by atoms with van der Waals surface area (Å²) in [5.74, 6) is 0.404. The first-order valence-electron chi connectivity index (χ1n) is 11.7. The quantitative estimate of drug-likeness (QED) is 0.479. The van der Waals surface area contributed by atoms with Crippen LogP contribution in [0, 0.1) is 5.92 Å². The van der Waals surface area contributed by atoms with Gasteiger partial charge < -0.3 is 15.1 Å². The zero-order valence-corrected chi connectivity index (χ0v) is 20.4. The molecular weight excluding hydrogens is 446 g/mol. The lowest BCUT2D eigenvalue weighted by Gasteiger charge is -2.36. The first-order chi connectivity index (χ1) is 16.4. The van der Waals surface area contributed by atoms with Crippen molar-refractivity contribution in [2.45, 2.75) is 20.3 Å². The third-order valence-corrected chi connectivity index (χ3v) is 6.32. The zero-order valence-electron chi connectivity index (χ0n) is 19.6. The van der Waals surface area contributed by atoms with Gasteiger partial charge in [0.2, 0.25) is 5.91 Å². The van der Waals surface area contributed by atoms with E-state index in [2.05, 4.69) is 24.1 Å². The third kappa shape index (κ3) is 5.78. The standard InChI is InChI=1S/C28H30ClN3O2/c1-20(2)18-27(33)32-16-14-31(15-17-32)26-13-12-24(19-25(26)29)30-28(34)23-10-8-22(9-11-23)21-6-4-3-5-7-21/h3-13,19-20H,14-18H2,1-2H3,(H,30,34). The fraction of sp³-hybridized carbons (Fsp3) is 0.286. The summed E-state index contributed by atoms with van der Waals surface area (Å²) in [5.41, 5.74) is 4.33. The molecule has 0 bridgehead atoms. The fourth-order valence-electron chi connectivity index (χ4n) is 4.16. The molecule has 0 aliphatic carbocycles. The van der Waals surface area contributed by atoms with E-state index in [1.807, 2.05) is 71.6 Å². The Bertz CT molecular complexity index is 1140. The Morgan fingerprint density at radius 2 is 1.53 bits per heavy atom. The molecule has 6 heteroatoms. The van der Waals surface area contributed by atoms with E-state index in [0.717, 1.165) is 29.9 Å². The summed E-state index contributed by atoms with van der Waals surface area (Å²) < 4.78 is 0. The molecule has 3 aromatic rings. The Labute approximate surface area is 206 Å². The van der Waals surface area contributed by atoms with Crippen LogP contribution in [0.4, 0.5) is 11.4 Å². The average Bonchev–Trinajstić information content (AvgIpc) is 2.84. The van der Waals surface area contributed by atoms with Crippen LogP contribution in [0.1, 0.15) is 30.6 Å². The second kappa shape index (κ2) is 10.7. The van der Waals surface area contributed by atoms with Gasteiger partial charge >= 0.3 is 0 Å². The minimum atomic E-state index is -0.180. The first-order valence-corrected chi connectivity index (χ1v) is 12.1. The number of halogens is 1. The molecule has 34 heavy (non-hydrogen) atoms. The van der Waals surface area contributed by atoms with E-state index in [-0.39, 0.29) is 11.8 Å². The summed E-state index contributed by atoms with van der Waals surface area (Å²) >= 11 is 6.58. The maximum absolute atomic E-state index is 12.7. The maximum atomic E-state index is 12.7. The van der Waals surface area contributed by atoms with Crippen molar-refractivity contribution in [3.05, 3.63) is 83.4 Å². The van der Waals surface area contributed by atoms with E-state index in [1.54, 1.807) is 6.07 Å². The van der Waals surface area contributed by atoms with E-state index in [4.69, 9.17) is 11.6 Å². The predicted octanol–water partition coefficient (Wildman–Crippen LogP) is 5.95. The van der Waals surface area contributed by atoms with Gasteiger partial charge in [0.25, 0.3) is 5.91 Å². The number of piperazine rings is 1. The van der Waals surface area contributed by atoms with Crippen LogP contribution in [-0.4, -0.2) is 42.9 Å². The Hall–Kier alpha value is -3.31. The molecule has 0 atom stereocenters. The normalized spacial score (nSPS) is 13.8. The van der Waals surface area contributed by atoms with Crippen molar-refractivity contribution in [3.8, 4) is 11.1 Å². The zero-order chi connectivity index (χ0) is 24.1. The molecule has 1 aliphatic rings. The number of anilines is 2. The van der Waals surface area contributed by atoms with Crippen molar-refractivity contribution in [1.29, 1.82) is 0 Å². The highest BCUT2D eigenvalue weighted by Crippen LogP contribution is 2.30. The van der Waals surface area contributed by atoms with Gasteiger partial charge in [0.05, 0.1) is 10.7 Å². The van der Waals surface area contributed by atoms with Gasteiger partial charge in [-0.3, -0.25) is 9.59 Å². The van der Waals surface area contributed by atoms with Crippen molar-refractivity contribution in [2.75, 3.05) is 36.4 Å². The van der Waals surface area contributed by atoms with Gasteiger partial charge in [0.15, 0.2) is 0 Å². The number of hydrogen-bond donors (Lipinski definition) is 1. The number of carbonyl (C=O) groups is 2. The molecule has 3 aromatic carbocycles. The molecule has 2 amide bonds. The SMILES string of the molecule is CC(C)CC(=O)N1CCN(c2ccc(NC(=O)c3ccc(-c4ccccc4)cc3)cc2Cl)CC1. The van der Waals surface area contributed by atoms with Gasteiger partial charge in [-0.05, 0) is 47.4 Å². The summed E-state index contributed by atoms with van der Waals surface area (Å²) in [6.45, 7) is 6.99. The van der Waals surface area contributed by atoms with E-state index >= 15 is 0 Å². The molecule has 5 nitrogen and oxygen atoms in total. The Morgan fingerprint density at radius 3 is 2.15 bits per heavy atom. The van der Waals surface area contributed by atoms with E-state index in [9.17, 15) is 9.59 Å². The minimum absolute atomic E-state index is 0.180. The van der Waals surface area contributed by atoms with Gasteiger partial charge in [-0.15, -0.1) is 0 Å². The molecule has 176 valence electrons. The van der Waals surface area contributed by atoms with Crippen LogP contribution in [0.15, 0.2) is 72.8 Å². The second-order valence-electron chi connectivity index (χ2n) is 9.03. The fourth-order valence-corrected chi connectivity index (χ4v) is 4.46. The lowest BCUT2D eigenvalue weighted by molar-refractivity contribution is -0.132. The van der Waals surface area contributed by atoms with Crippen molar-refractivity contribution in [2.24, 2.45) is 5.92 Å². The first kappa shape index (κ1) is 23.8. The summed E-state index contributed by atoms with van der Waals surface area (Å²) in [4.78, 5) is 29.2. The Kier molecular flexibility index (Phi) is 7.53. The van der Waals surface area contributed by atoms with Gasteiger partial charge in [0, 0.05) is 43.9 Å². The smallest absolute Gasteiger partial charge is 0.255 e. The lowest BCUT2D eigenvalue weighted by Crippen LogP contribution is -2.49. The molecule has 0 aromatic heterocycles. The minimum Gasteiger partial charge on any atom is -0.367 e. The summed E-state index contributed by atoms with van der Waals surface area (Å²) in [5, 5.41) is 3.52. The molecule has 1 heterocycles. The van der Waals surface area contributed by atoms with Gasteiger partial charge in [-0.25, -0.2) is 0 Å². The molecule has 1 N–H and O–H groups in total. The number of benzene rings is 3. The molecular formula is C28H30ClN3O2. The topological polar surface area (TPSA) is 52.7 Å². The van der Waals surface area contributed by atoms with Crippen LogP contribution in [0.5, 0.6) is 0 Å². The van der Waals surface area contributed by atoms with Crippen molar-refractivity contribution in [3.63, 3.8) is 0 Å². The van der Waals surface area contributed by atoms with E-state index < -0.39 is 0 Å². The largest absolute Gasteiger partial charge is 0.367 e. The van der Waals surface area contributed by atoms with Gasteiger partial charge in [-0.2, -0.15) is 0 Å². The highest BCUT2D eigenvalue weighted by atomic mass is 35.5. The van der Waals surface area contributed by atoms with Crippen LogP contribution in [-0.2, 0) is 4.79 Å². The molecule has 4 rings (SSSR count).